The first-order valence-corrected chi connectivity index (χ1v) is 7.35. The number of hydrogen-bond acceptors (Lipinski definition) is 3. The van der Waals surface area contributed by atoms with Gasteiger partial charge in [0, 0.05) is 24.5 Å². The highest BCUT2D eigenvalue weighted by Crippen LogP contribution is 2.20. The predicted octanol–water partition coefficient (Wildman–Crippen LogP) is 2.46. The summed E-state index contributed by atoms with van der Waals surface area (Å²) in [5.74, 6) is -0.219. The monoisotopic (exact) mass is 318 g/mol. The van der Waals surface area contributed by atoms with Crippen LogP contribution in [0.25, 0.3) is 0 Å². The number of nitrogens with one attached hydrogen (secondary N) is 1. The molecule has 0 radical (unpaired) electrons. The van der Waals surface area contributed by atoms with Crippen LogP contribution in [0.15, 0.2) is 47.3 Å². The molecule has 2 amide bonds. The van der Waals surface area contributed by atoms with E-state index >= 15 is 0 Å². The number of carbonyl (C=O) groups is 2. The summed E-state index contributed by atoms with van der Waals surface area (Å²) in [5, 5.41) is 3.49. The Kier molecular flexibility index (Phi) is 4.15. The lowest BCUT2D eigenvalue weighted by molar-refractivity contribution is -0.128. The number of halogens is 1. The average Bonchev–Trinajstić information content (AvgIpc) is 3.12. The average molecular weight is 319 g/mol. The smallest absolute Gasteiger partial charge is 0.254 e. The van der Waals surface area contributed by atoms with E-state index in [0.717, 1.165) is 5.56 Å². The zero-order valence-corrected chi connectivity index (χ0v) is 12.5. The topological polar surface area (TPSA) is 62.6 Å². The molecule has 114 valence electrons. The van der Waals surface area contributed by atoms with Crippen molar-refractivity contribution in [1.29, 1.82) is 0 Å². The molecule has 22 heavy (non-hydrogen) atoms. The summed E-state index contributed by atoms with van der Waals surface area (Å²) in [5.41, 5.74) is 1.36. The molecule has 1 N–H and O–H groups in total. The van der Waals surface area contributed by atoms with Gasteiger partial charge in [0.25, 0.3) is 5.91 Å². The molecule has 0 spiro atoms. The minimum atomic E-state index is -0.230. The van der Waals surface area contributed by atoms with Crippen LogP contribution in [0.2, 0.25) is 5.02 Å². The van der Waals surface area contributed by atoms with Gasteiger partial charge in [0.15, 0.2) is 0 Å². The number of benzene rings is 1. The summed E-state index contributed by atoms with van der Waals surface area (Å²) >= 11 is 6.12. The molecule has 1 unspecified atom stereocenters. The first-order valence-electron chi connectivity index (χ1n) is 6.98. The van der Waals surface area contributed by atoms with E-state index in [4.69, 9.17) is 16.0 Å². The Morgan fingerprint density at radius 1 is 1.36 bits per heavy atom. The second kappa shape index (κ2) is 6.23. The highest BCUT2D eigenvalue weighted by Gasteiger charge is 2.31. The van der Waals surface area contributed by atoms with Gasteiger partial charge in [-0.3, -0.25) is 9.59 Å². The van der Waals surface area contributed by atoms with Crippen LogP contribution in [-0.4, -0.2) is 29.3 Å². The molecule has 3 rings (SSSR count). The zero-order valence-electron chi connectivity index (χ0n) is 11.8. The van der Waals surface area contributed by atoms with Gasteiger partial charge in [-0.1, -0.05) is 29.8 Å². The van der Waals surface area contributed by atoms with Gasteiger partial charge in [-0.2, -0.15) is 0 Å². The van der Waals surface area contributed by atoms with E-state index in [9.17, 15) is 9.59 Å². The Labute approximate surface area is 132 Å². The van der Waals surface area contributed by atoms with Crippen LogP contribution >= 0.6 is 11.6 Å². The van der Waals surface area contributed by atoms with Crippen molar-refractivity contribution in [2.24, 2.45) is 0 Å². The second-order valence-electron chi connectivity index (χ2n) is 5.25. The van der Waals surface area contributed by atoms with Crippen molar-refractivity contribution >= 4 is 23.4 Å². The number of likely N-dealkylation sites (tertiary alicyclic amines) is 1. The highest BCUT2D eigenvalue weighted by atomic mass is 35.5. The van der Waals surface area contributed by atoms with Crippen LogP contribution in [0.3, 0.4) is 0 Å². The molecule has 1 aliphatic rings. The van der Waals surface area contributed by atoms with E-state index in [1.54, 1.807) is 17.0 Å². The molecule has 6 heteroatoms. The Balaban J connectivity index is 1.61. The summed E-state index contributed by atoms with van der Waals surface area (Å²) in [6, 6.07) is 8.83. The lowest BCUT2D eigenvalue weighted by Crippen LogP contribution is -2.36. The molecule has 0 bridgehead atoms. The fraction of sp³-hybridized carbons (Fsp3) is 0.250. The SMILES string of the molecule is O=C(NC1CC(=O)N(Cc2ccccc2Cl)C1)c1ccoc1. The Morgan fingerprint density at radius 3 is 2.91 bits per heavy atom. The summed E-state index contributed by atoms with van der Waals surface area (Å²) in [6.07, 6.45) is 3.13. The molecule has 5 nitrogen and oxygen atoms in total. The van der Waals surface area contributed by atoms with Crippen LogP contribution in [-0.2, 0) is 11.3 Å². The molecule has 0 aliphatic carbocycles. The van der Waals surface area contributed by atoms with E-state index in [1.165, 1.54) is 12.5 Å². The minimum Gasteiger partial charge on any atom is -0.472 e. The third-order valence-corrected chi connectivity index (χ3v) is 4.02. The van der Waals surface area contributed by atoms with Gasteiger partial charge in [-0.15, -0.1) is 0 Å². The molecule has 1 aromatic heterocycles. The van der Waals surface area contributed by atoms with E-state index in [0.29, 0.717) is 30.1 Å². The molecular formula is C16H15ClN2O3. The van der Waals surface area contributed by atoms with Gasteiger partial charge in [-0.05, 0) is 17.7 Å². The van der Waals surface area contributed by atoms with Crippen LogP contribution in [0.5, 0.6) is 0 Å². The summed E-state index contributed by atoms with van der Waals surface area (Å²) < 4.78 is 4.88. The summed E-state index contributed by atoms with van der Waals surface area (Å²) in [6.45, 7) is 0.935. The molecule has 1 fully saturated rings. The van der Waals surface area contributed by atoms with Crippen LogP contribution in [0, 0.1) is 0 Å². The van der Waals surface area contributed by atoms with Crippen molar-refractivity contribution in [2.45, 2.75) is 19.0 Å². The predicted molar refractivity (Wildman–Crippen MR) is 81.4 cm³/mol. The van der Waals surface area contributed by atoms with Crippen molar-refractivity contribution in [3.8, 4) is 0 Å². The van der Waals surface area contributed by atoms with Gasteiger partial charge in [0.1, 0.15) is 6.26 Å². The first kappa shape index (κ1) is 14.7. The van der Waals surface area contributed by atoms with Crippen molar-refractivity contribution in [3.63, 3.8) is 0 Å². The standard InChI is InChI=1S/C16H15ClN2O3/c17-14-4-2-1-3-11(14)8-19-9-13(7-15(19)20)18-16(21)12-5-6-22-10-12/h1-6,10,13H,7-9H2,(H,18,21). The second-order valence-corrected chi connectivity index (χ2v) is 5.66. The Bertz CT molecular complexity index is 684. The third kappa shape index (κ3) is 3.14. The molecule has 0 saturated carbocycles. The number of carbonyl (C=O) groups excluding carboxylic acids is 2. The summed E-state index contributed by atoms with van der Waals surface area (Å²) in [4.78, 5) is 25.8. The Morgan fingerprint density at radius 2 is 2.18 bits per heavy atom. The zero-order chi connectivity index (χ0) is 15.5. The number of nitrogens with zero attached hydrogens (tertiary/aromatic N) is 1. The maximum atomic E-state index is 12.1. The molecule has 1 saturated heterocycles. The lowest BCUT2D eigenvalue weighted by atomic mass is 10.2. The van der Waals surface area contributed by atoms with Crippen LogP contribution in [0.1, 0.15) is 22.3 Å². The van der Waals surface area contributed by atoms with E-state index < -0.39 is 0 Å². The van der Waals surface area contributed by atoms with E-state index in [1.807, 2.05) is 18.2 Å². The van der Waals surface area contributed by atoms with Crippen molar-refractivity contribution in [2.75, 3.05) is 6.54 Å². The normalized spacial score (nSPS) is 17.8. The molecule has 2 aromatic rings. The summed E-state index contributed by atoms with van der Waals surface area (Å²) in [7, 11) is 0. The van der Waals surface area contributed by atoms with Crippen molar-refractivity contribution in [3.05, 3.63) is 59.0 Å². The van der Waals surface area contributed by atoms with Gasteiger partial charge >= 0.3 is 0 Å². The fourth-order valence-electron chi connectivity index (χ4n) is 2.52. The number of amides is 2. The van der Waals surface area contributed by atoms with Crippen LogP contribution < -0.4 is 5.32 Å². The van der Waals surface area contributed by atoms with Crippen molar-refractivity contribution < 1.29 is 14.0 Å². The molecular weight excluding hydrogens is 304 g/mol. The van der Waals surface area contributed by atoms with E-state index in [-0.39, 0.29) is 17.9 Å². The van der Waals surface area contributed by atoms with Gasteiger partial charge in [0.05, 0.1) is 17.9 Å². The van der Waals surface area contributed by atoms with Crippen molar-refractivity contribution in [1.82, 2.24) is 10.2 Å². The molecule has 2 heterocycles. The highest BCUT2D eigenvalue weighted by molar-refractivity contribution is 6.31. The maximum Gasteiger partial charge on any atom is 0.254 e. The quantitative estimate of drug-likeness (QED) is 0.942. The number of rotatable bonds is 4. The molecule has 1 aliphatic heterocycles. The molecule has 1 atom stereocenters. The minimum absolute atomic E-state index is 0.0115. The van der Waals surface area contributed by atoms with E-state index in [2.05, 4.69) is 5.32 Å². The fourth-order valence-corrected chi connectivity index (χ4v) is 2.71. The number of furan rings is 1. The Hall–Kier alpha value is -2.27. The maximum absolute atomic E-state index is 12.1. The van der Waals surface area contributed by atoms with Gasteiger partial charge in [0.2, 0.25) is 5.91 Å². The third-order valence-electron chi connectivity index (χ3n) is 3.65. The van der Waals surface area contributed by atoms with Crippen LogP contribution in [0.4, 0.5) is 0 Å². The van der Waals surface area contributed by atoms with Gasteiger partial charge < -0.3 is 14.6 Å². The largest absolute Gasteiger partial charge is 0.472 e. The molecule has 1 aromatic carbocycles. The first-order chi connectivity index (χ1) is 10.6. The lowest BCUT2D eigenvalue weighted by Gasteiger charge is -2.17. The van der Waals surface area contributed by atoms with Gasteiger partial charge in [-0.25, -0.2) is 0 Å². The number of hydrogen-bond donors (Lipinski definition) is 1.